The minimum Gasteiger partial charge on any atom is -0.322 e. The molecule has 1 atom stereocenters. The van der Waals surface area contributed by atoms with Crippen LogP contribution in [0.4, 0.5) is 0 Å². The zero-order valence-electron chi connectivity index (χ0n) is 12.3. The first-order valence-corrected chi connectivity index (χ1v) is 6.58. The van der Waals surface area contributed by atoms with Gasteiger partial charge in [-0.15, -0.1) is 0 Å². The lowest BCUT2D eigenvalue weighted by Gasteiger charge is -2.13. The van der Waals surface area contributed by atoms with Crippen LogP contribution < -0.4 is 5.73 Å². The summed E-state index contributed by atoms with van der Waals surface area (Å²) in [4.78, 5) is 9.02. The zero-order chi connectivity index (χ0) is 14.2. The largest absolute Gasteiger partial charge is 0.322 e. The molecule has 3 heteroatoms. The Kier molecular flexibility index (Phi) is 3.67. The summed E-state index contributed by atoms with van der Waals surface area (Å²) in [5.41, 5.74) is 12.8. The van der Waals surface area contributed by atoms with Crippen LogP contribution in [0.3, 0.4) is 0 Å². The van der Waals surface area contributed by atoms with Crippen LogP contribution in [0, 0.1) is 27.7 Å². The van der Waals surface area contributed by atoms with E-state index in [9.17, 15) is 0 Å². The van der Waals surface area contributed by atoms with Crippen LogP contribution in [0.15, 0.2) is 18.2 Å². The highest BCUT2D eigenvalue weighted by Crippen LogP contribution is 2.27. The second kappa shape index (κ2) is 5.10. The molecular weight excluding hydrogens is 234 g/mol. The molecule has 2 N–H and O–H groups in total. The maximum atomic E-state index is 5.90. The number of nitrogens with two attached hydrogens (primary N) is 1. The van der Waals surface area contributed by atoms with Crippen molar-refractivity contribution >= 4 is 0 Å². The first-order valence-electron chi connectivity index (χ1n) is 6.58. The van der Waals surface area contributed by atoms with Gasteiger partial charge in [0.15, 0.2) is 0 Å². The zero-order valence-corrected chi connectivity index (χ0v) is 12.3. The highest BCUT2D eigenvalue weighted by Gasteiger charge is 2.12. The predicted octanol–water partition coefficient (Wildman–Crippen LogP) is 3.40. The molecule has 0 saturated heterocycles. The molecule has 100 valence electrons. The van der Waals surface area contributed by atoms with Gasteiger partial charge in [0.2, 0.25) is 0 Å². The van der Waals surface area contributed by atoms with E-state index in [0.29, 0.717) is 5.82 Å². The maximum absolute atomic E-state index is 5.90. The number of rotatable bonds is 2. The van der Waals surface area contributed by atoms with Crippen LogP contribution in [0.25, 0.3) is 11.3 Å². The van der Waals surface area contributed by atoms with Crippen LogP contribution in [0.5, 0.6) is 0 Å². The summed E-state index contributed by atoms with van der Waals surface area (Å²) in [7, 11) is 0. The van der Waals surface area contributed by atoms with Crippen LogP contribution >= 0.6 is 0 Å². The van der Waals surface area contributed by atoms with Crippen molar-refractivity contribution in [2.24, 2.45) is 5.73 Å². The lowest BCUT2D eigenvalue weighted by molar-refractivity contribution is 0.734. The number of aromatic nitrogens is 2. The molecule has 3 nitrogen and oxygen atoms in total. The Morgan fingerprint density at radius 1 is 0.947 bits per heavy atom. The molecular formula is C16H21N3. The van der Waals surface area contributed by atoms with Crippen LogP contribution in [-0.4, -0.2) is 9.97 Å². The number of nitrogens with zero attached hydrogens (tertiary/aromatic N) is 2. The minimum absolute atomic E-state index is 0.148. The van der Waals surface area contributed by atoms with Crippen molar-refractivity contribution in [2.75, 3.05) is 0 Å². The lowest BCUT2D eigenvalue weighted by atomic mass is 9.97. The number of benzene rings is 1. The molecule has 0 spiro atoms. The second-order valence-electron chi connectivity index (χ2n) is 5.32. The maximum Gasteiger partial charge on any atom is 0.145 e. The van der Waals surface area contributed by atoms with E-state index < -0.39 is 0 Å². The molecule has 0 radical (unpaired) electrons. The Bertz CT molecular complexity index is 592. The smallest absolute Gasteiger partial charge is 0.145 e. The first-order chi connectivity index (χ1) is 8.88. The second-order valence-corrected chi connectivity index (χ2v) is 5.32. The van der Waals surface area contributed by atoms with Crippen molar-refractivity contribution in [3.8, 4) is 11.3 Å². The summed E-state index contributed by atoms with van der Waals surface area (Å²) in [6.07, 6.45) is 0. The molecule has 2 rings (SSSR count). The van der Waals surface area contributed by atoms with Gasteiger partial charge in [0.05, 0.1) is 11.7 Å². The SMILES string of the molecule is Cc1cc(C)c(-c2cc(C)nc(C(C)N)n2)c(C)c1. The molecule has 19 heavy (non-hydrogen) atoms. The van der Waals surface area contributed by atoms with Crippen LogP contribution in [-0.2, 0) is 0 Å². The van der Waals surface area contributed by atoms with Gasteiger partial charge in [0.25, 0.3) is 0 Å². The quantitative estimate of drug-likeness (QED) is 0.894. The summed E-state index contributed by atoms with van der Waals surface area (Å²) < 4.78 is 0. The topological polar surface area (TPSA) is 51.8 Å². The lowest BCUT2D eigenvalue weighted by Crippen LogP contribution is -2.11. The van der Waals surface area contributed by atoms with E-state index in [0.717, 1.165) is 11.4 Å². The minimum atomic E-state index is -0.148. The molecule has 1 aromatic heterocycles. The third kappa shape index (κ3) is 2.82. The summed E-state index contributed by atoms with van der Waals surface area (Å²) in [5.74, 6) is 0.703. The molecule has 0 fully saturated rings. The Balaban J connectivity index is 2.65. The van der Waals surface area contributed by atoms with Crippen molar-refractivity contribution < 1.29 is 0 Å². The average molecular weight is 255 g/mol. The van der Waals surface area contributed by atoms with Gasteiger partial charge >= 0.3 is 0 Å². The third-order valence-electron chi connectivity index (χ3n) is 3.21. The fourth-order valence-electron chi connectivity index (χ4n) is 2.51. The molecule has 1 heterocycles. The summed E-state index contributed by atoms with van der Waals surface area (Å²) in [6.45, 7) is 10.3. The van der Waals surface area contributed by atoms with Gasteiger partial charge in [0.1, 0.15) is 5.82 Å². The number of hydrogen-bond acceptors (Lipinski definition) is 3. The van der Waals surface area contributed by atoms with Gasteiger partial charge in [0, 0.05) is 11.3 Å². The van der Waals surface area contributed by atoms with E-state index in [1.807, 2.05) is 19.9 Å². The molecule has 0 aliphatic carbocycles. The molecule has 0 aliphatic rings. The van der Waals surface area contributed by atoms with Crippen molar-refractivity contribution in [3.05, 3.63) is 46.4 Å². The van der Waals surface area contributed by atoms with E-state index in [4.69, 9.17) is 5.73 Å². The van der Waals surface area contributed by atoms with Crippen molar-refractivity contribution in [3.63, 3.8) is 0 Å². The molecule has 0 amide bonds. The Morgan fingerprint density at radius 3 is 2.05 bits per heavy atom. The van der Waals surface area contributed by atoms with E-state index in [1.54, 1.807) is 0 Å². The predicted molar refractivity (Wildman–Crippen MR) is 79.0 cm³/mol. The molecule has 0 bridgehead atoms. The van der Waals surface area contributed by atoms with Gasteiger partial charge < -0.3 is 5.73 Å². The van der Waals surface area contributed by atoms with Crippen LogP contribution in [0.2, 0.25) is 0 Å². The molecule has 0 aliphatic heterocycles. The van der Waals surface area contributed by atoms with Crippen molar-refractivity contribution in [1.29, 1.82) is 0 Å². The first kappa shape index (κ1) is 13.7. The Labute approximate surface area is 114 Å². The summed E-state index contributed by atoms with van der Waals surface area (Å²) in [6, 6.07) is 6.25. The van der Waals surface area contributed by atoms with E-state index in [2.05, 4.69) is 42.9 Å². The number of aryl methyl sites for hydroxylation is 4. The highest BCUT2D eigenvalue weighted by atomic mass is 14.9. The van der Waals surface area contributed by atoms with E-state index in [-0.39, 0.29) is 6.04 Å². The standard InChI is InChI=1S/C16H21N3/c1-9-6-10(2)15(11(3)7-9)14-8-12(4)18-16(19-14)13(5)17/h6-8,13H,17H2,1-5H3. The normalized spacial score (nSPS) is 12.5. The molecule has 1 unspecified atom stereocenters. The Hall–Kier alpha value is -1.74. The van der Waals surface area contributed by atoms with Crippen molar-refractivity contribution in [2.45, 2.75) is 40.7 Å². The monoisotopic (exact) mass is 255 g/mol. The van der Waals surface area contributed by atoms with Gasteiger partial charge in [-0.1, -0.05) is 17.7 Å². The highest BCUT2D eigenvalue weighted by molar-refractivity contribution is 5.68. The fourth-order valence-corrected chi connectivity index (χ4v) is 2.51. The van der Waals surface area contributed by atoms with E-state index in [1.165, 1.54) is 22.3 Å². The van der Waals surface area contributed by atoms with Gasteiger partial charge in [-0.3, -0.25) is 0 Å². The van der Waals surface area contributed by atoms with Gasteiger partial charge in [-0.05, 0) is 51.8 Å². The fraction of sp³-hybridized carbons (Fsp3) is 0.375. The number of hydrogen-bond donors (Lipinski definition) is 1. The van der Waals surface area contributed by atoms with Crippen molar-refractivity contribution in [1.82, 2.24) is 9.97 Å². The van der Waals surface area contributed by atoms with Gasteiger partial charge in [-0.2, -0.15) is 0 Å². The molecule has 0 saturated carbocycles. The molecule has 2 aromatic rings. The Morgan fingerprint density at radius 2 is 1.53 bits per heavy atom. The molecule has 1 aromatic carbocycles. The summed E-state index contributed by atoms with van der Waals surface area (Å²) in [5, 5.41) is 0. The average Bonchev–Trinajstić information content (AvgIpc) is 2.26. The van der Waals surface area contributed by atoms with E-state index >= 15 is 0 Å². The van der Waals surface area contributed by atoms with Crippen LogP contribution in [0.1, 0.15) is 41.2 Å². The third-order valence-corrected chi connectivity index (χ3v) is 3.21. The summed E-state index contributed by atoms with van der Waals surface area (Å²) >= 11 is 0. The van der Waals surface area contributed by atoms with Gasteiger partial charge in [-0.25, -0.2) is 9.97 Å².